The minimum atomic E-state index is -0.862. The first kappa shape index (κ1) is 22.2. The van der Waals surface area contributed by atoms with Crippen LogP contribution in [0.4, 0.5) is 4.39 Å². The molecule has 3 saturated heterocycles. The van der Waals surface area contributed by atoms with E-state index in [4.69, 9.17) is 9.47 Å². The van der Waals surface area contributed by atoms with Gasteiger partial charge in [-0.2, -0.15) is 0 Å². The fraction of sp³-hybridized carbons (Fsp3) is 0.667. The predicted molar refractivity (Wildman–Crippen MR) is 114 cm³/mol. The maximum absolute atomic E-state index is 14.8. The Kier molecular flexibility index (Phi) is 6.35. The molecule has 3 aliphatic rings. The van der Waals surface area contributed by atoms with Crippen LogP contribution in [0.5, 0.6) is 0 Å². The Labute approximate surface area is 183 Å². The number of nitrogens with zero attached hydrogens (tertiary/aromatic N) is 2. The van der Waals surface area contributed by atoms with Gasteiger partial charge in [0.1, 0.15) is 5.82 Å². The van der Waals surface area contributed by atoms with Crippen molar-refractivity contribution in [3.05, 3.63) is 35.6 Å². The summed E-state index contributed by atoms with van der Waals surface area (Å²) in [6, 6.07) is 6.82. The SMILES string of the molecule is CC(=O)N(C)[C@@H]1CCOC2(CCN(C(=O)C3(c4ccccc4F)CCOCC3)CC2)C1. The number of likely N-dealkylation sites (tertiary alicyclic amines) is 1. The second kappa shape index (κ2) is 8.87. The Balaban J connectivity index is 1.49. The van der Waals surface area contributed by atoms with E-state index in [9.17, 15) is 14.0 Å². The summed E-state index contributed by atoms with van der Waals surface area (Å²) in [5, 5.41) is 0. The molecule has 0 bridgehead atoms. The van der Waals surface area contributed by atoms with Crippen molar-refractivity contribution in [2.75, 3.05) is 40.0 Å². The van der Waals surface area contributed by atoms with Gasteiger partial charge in [-0.15, -0.1) is 0 Å². The third-order valence-corrected chi connectivity index (χ3v) is 7.62. The van der Waals surface area contributed by atoms with Crippen LogP contribution in [0.15, 0.2) is 24.3 Å². The Morgan fingerprint density at radius 2 is 1.77 bits per heavy atom. The van der Waals surface area contributed by atoms with Crippen LogP contribution in [0.1, 0.15) is 51.0 Å². The standard InChI is InChI=1S/C24H33FN2O4/c1-18(28)26(2)19-7-14-31-23(17-19)8-12-27(13-9-23)22(29)24(10-15-30-16-11-24)20-5-3-4-6-21(20)25/h3-6,19H,7-17H2,1-2H3/t19-/m1/s1. The zero-order valence-corrected chi connectivity index (χ0v) is 18.6. The highest BCUT2D eigenvalue weighted by Crippen LogP contribution is 2.41. The molecule has 1 aromatic carbocycles. The zero-order chi connectivity index (χ0) is 22.1. The fourth-order valence-corrected chi connectivity index (χ4v) is 5.53. The lowest BCUT2D eigenvalue weighted by molar-refractivity contribution is -0.158. The number of carbonyl (C=O) groups excluding carboxylic acids is 2. The number of hydrogen-bond acceptors (Lipinski definition) is 4. The summed E-state index contributed by atoms with van der Waals surface area (Å²) in [5.41, 5.74) is -0.663. The number of rotatable bonds is 3. The van der Waals surface area contributed by atoms with Crippen molar-refractivity contribution >= 4 is 11.8 Å². The molecular weight excluding hydrogens is 399 g/mol. The van der Waals surface area contributed by atoms with Gasteiger partial charge in [0.25, 0.3) is 0 Å². The molecule has 170 valence electrons. The first-order chi connectivity index (χ1) is 14.9. The van der Waals surface area contributed by atoms with E-state index >= 15 is 0 Å². The van der Waals surface area contributed by atoms with Gasteiger partial charge in [-0.05, 0) is 44.6 Å². The maximum Gasteiger partial charge on any atom is 0.233 e. The minimum Gasteiger partial charge on any atom is -0.381 e. The third-order valence-electron chi connectivity index (χ3n) is 7.62. The molecular formula is C24H33FN2O4. The summed E-state index contributed by atoms with van der Waals surface area (Å²) in [6.07, 6.45) is 4.12. The molecule has 6 nitrogen and oxygen atoms in total. The van der Waals surface area contributed by atoms with Crippen molar-refractivity contribution in [1.82, 2.24) is 9.80 Å². The zero-order valence-electron chi connectivity index (χ0n) is 18.6. The van der Waals surface area contributed by atoms with E-state index in [1.807, 2.05) is 16.8 Å². The van der Waals surface area contributed by atoms with Crippen LogP contribution in [0.2, 0.25) is 0 Å². The monoisotopic (exact) mass is 432 g/mol. The molecule has 3 aliphatic heterocycles. The van der Waals surface area contributed by atoms with Crippen LogP contribution in [0, 0.1) is 5.82 Å². The first-order valence-corrected chi connectivity index (χ1v) is 11.4. The molecule has 0 unspecified atom stereocenters. The molecule has 0 saturated carbocycles. The van der Waals surface area contributed by atoms with E-state index < -0.39 is 5.41 Å². The van der Waals surface area contributed by atoms with Gasteiger partial charge in [-0.3, -0.25) is 9.59 Å². The van der Waals surface area contributed by atoms with Gasteiger partial charge in [-0.25, -0.2) is 4.39 Å². The Morgan fingerprint density at radius 3 is 2.42 bits per heavy atom. The van der Waals surface area contributed by atoms with Crippen LogP contribution in [-0.4, -0.2) is 73.2 Å². The summed E-state index contributed by atoms with van der Waals surface area (Å²) in [7, 11) is 1.86. The molecule has 2 amide bonds. The molecule has 3 fully saturated rings. The van der Waals surface area contributed by atoms with Crippen LogP contribution in [0.25, 0.3) is 0 Å². The highest BCUT2D eigenvalue weighted by molar-refractivity contribution is 5.88. The maximum atomic E-state index is 14.8. The summed E-state index contributed by atoms with van der Waals surface area (Å²) in [5.74, 6) is -0.248. The highest BCUT2D eigenvalue weighted by atomic mass is 19.1. The predicted octanol–water partition coefficient (Wildman–Crippen LogP) is 2.89. The number of carbonyl (C=O) groups is 2. The summed E-state index contributed by atoms with van der Waals surface area (Å²) < 4.78 is 26.5. The van der Waals surface area contributed by atoms with Crippen molar-refractivity contribution in [2.45, 2.75) is 62.5 Å². The van der Waals surface area contributed by atoms with E-state index in [0.717, 1.165) is 25.7 Å². The van der Waals surface area contributed by atoms with Gasteiger partial charge in [0.15, 0.2) is 0 Å². The molecule has 0 radical (unpaired) electrons. The van der Waals surface area contributed by atoms with E-state index in [1.54, 1.807) is 25.1 Å². The molecule has 0 aliphatic carbocycles. The molecule has 1 aromatic rings. The molecule has 0 aromatic heterocycles. The van der Waals surface area contributed by atoms with Crippen LogP contribution >= 0.6 is 0 Å². The largest absolute Gasteiger partial charge is 0.381 e. The van der Waals surface area contributed by atoms with Crippen LogP contribution in [0.3, 0.4) is 0 Å². The molecule has 31 heavy (non-hydrogen) atoms. The van der Waals surface area contributed by atoms with Crippen LogP contribution in [-0.2, 0) is 24.5 Å². The quantitative estimate of drug-likeness (QED) is 0.737. The topological polar surface area (TPSA) is 59.1 Å². The van der Waals surface area contributed by atoms with Crippen molar-refractivity contribution in [1.29, 1.82) is 0 Å². The van der Waals surface area contributed by atoms with Crippen molar-refractivity contribution in [3.8, 4) is 0 Å². The van der Waals surface area contributed by atoms with Gasteiger partial charge in [0, 0.05) is 58.5 Å². The lowest BCUT2D eigenvalue weighted by atomic mass is 9.72. The van der Waals surface area contributed by atoms with Crippen molar-refractivity contribution in [2.24, 2.45) is 0 Å². The molecule has 1 atom stereocenters. The smallest absolute Gasteiger partial charge is 0.233 e. The Morgan fingerprint density at radius 1 is 1.10 bits per heavy atom. The Hall–Kier alpha value is -1.99. The minimum absolute atomic E-state index is 0.00367. The number of benzene rings is 1. The van der Waals surface area contributed by atoms with E-state index in [1.165, 1.54) is 6.07 Å². The van der Waals surface area contributed by atoms with E-state index in [0.29, 0.717) is 51.3 Å². The van der Waals surface area contributed by atoms with E-state index in [2.05, 4.69) is 0 Å². The summed E-state index contributed by atoms with van der Waals surface area (Å²) in [6.45, 7) is 4.32. The Bertz CT molecular complexity index is 816. The fourth-order valence-electron chi connectivity index (χ4n) is 5.53. The van der Waals surface area contributed by atoms with E-state index in [-0.39, 0.29) is 29.3 Å². The second-order valence-corrected chi connectivity index (χ2v) is 9.27. The van der Waals surface area contributed by atoms with Crippen LogP contribution < -0.4 is 0 Å². The van der Waals surface area contributed by atoms with Crippen molar-refractivity contribution in [3.63, 3.8) is 0 Å². The summed E-state index contributed by atoms with van der Waals surface area (Å²) >= 11 is 0. The number of piperidine rings is 1. The average Bonchev–Trinajstić information content (AvgIpc) is 2.79. The summed E-state index contributed by atoms with van der Waals surface area (Å²) in [4.78, 5) is 29.3. The van der Waals surface area contributed by atoms with Gasteiger partial charge in [-0.1, -0.05) is 18.2 Å². The molecule has 3 heterocycles. The van der Waals surface area contributed by atoms with Gasteiger partial charge >= 0.3 is 0 Å². The number of amides is 2. The lowest BCUT2D eigenvalue weighted by Crippen LogP contribution is -2.57. The third kappa shape index (κ3) is 4.22. The normalized spacial score (nSPS) is 25.3. The average molecular weight is 433 g/mol. The molecule has 1 spiro atoms. The first-order valence-electron chi connectivity index (χ1n) is 11.4. The van der Waals surface area contributed by atoms with Gasteiger partial charge < -0.3 is 19.3 Å². The molecule has 0 N–H and O–H groups in total. The van der Waals surface area contributed by atoms with Gasteiger partial charge in [0.05, 0.1) is 11.0 Å². The molecule has 7 heteroatoms. The lowest BCUT2D eigenvalue weighted by Gasteiger charge is -2.49. The number of ether oxygens (including phenoxy) is 2. The van der Waals surface area contributed by atoms with Gasteiger partial charge in [0.2, 0.25) is 11.8 Å². The second-order valence-electron chi connectivity index (χ2n) is 9.27. The number of halogens is 1. The van der Waals surface area contributed by atoms with Crippen molar-refractivity contribution < 1.29 is 23.5 Å². The number of hydrogen-bond donors (Lipinski definition) is 0. The highest BCUT2D eigenvalue weighted by Gasteiger charge is 2.48. The molecule has 4 rings (SSSR count).